The van der Waals surface area contributed by atoms with E-state index in [9.17, 15) is 4.79 Å². The molecule has 1 aromatic heterocycles. The van der Waals surface area contributed by atoms with E-state index in [1.807, 2.05) is 25.1 Å². The van der Waals surface area contributed by atoms with Crippen LogP contribution in [0.2, 0.25) is 0 Å². The molecule has 0 bridgehead atoms. The summed E-state index contributed by atoms with van der Waals surface area (Å²) < 4.78 is 0. The van der Waals surface area contributed by atoms with Gasteiger partial charge in [0.25, 0.3) is 5.91 Å². The SMILES string of the molecule is Cc1ccc(C#CCCO)cc1NC(=O)c1ccc[nH]1. The van der Waals surface area contributed by atoms with Crippen molar-refractivity contribution in [3.8, 4) is 11.8 Å². The van der Waals surface area contributed by atoms with Gasteiger partial charge in [-0.1, -0.05) is 17.9 Å². The molecule has 1 amide bonds. The fraction of sp³-hybridized carbons (Fsp3) is 0.188. The van der Waals surface area contributed by atoms with Gasteiger partial charge in [0.05, 0.1) is 6.61 Å². The molecule has 3 N–H and O–H groups in total. The number of benzene rings is 1. The minimum absolute atomic E-state index is 0.0509. The summed E-state index contributed by atoms with van der Waals surface area (Å²) in [6, 6.07) is 9.13. The standard InChI is InChI=1S/C16H16N2O2/c1-12-7-8-13(5-2-3-10-19)11-15(12)18-16(20)14-6-4-9-17-14/h4,6-9,11,17,19H,3,10H2,1H3,(H,18,20). The number of amides is 1. The summed E-state index contributed by atoms with van der Waals surface area (Å²) >= 11 is 0. The lowest BCUT2D eigenvalue weighted by atomic mass is 10.1. The van der Waals surface area contributed by atoms with Crippen LogP contribution in [0.5, 0.6) is 0 Å². The molecular formula is C16H16N2O2. The van der Waals surface area contributed by atoms with Crippen molar-refractivity contribution in [3.63, 3.8) is 0 Å². The van der Waals surface area contributed by atoms with Crippen LogP contribution in [0.3, 0.4) is 0 Å². The first-order valence-corrected chi connectivity index (χ1v) is 6.36. The third-order valence-electron chi connectivity index (χ3n) is 2.80. The fourth-order valence-electron chi connectivity index (χ4n) is 1.72. The molecule has 0 aliphatic heterocycles. The van der Waals surface area contributed by atoms with Gasteiger partial charge >= 0.3 is 0 Å². The van der Waals surface area contributed by atoms with Crippen LogP contribution >= 0.6 is 0 Å². The van der Waals surface area contributed by atoms with Gasteiger partial charge in [0.1, 0.15) is 5.69 Å². The number of carbonyl (C=O) groups excluding carboxylic acids is 1. The molecule has 20 heavy (non-hydrogen) atoms. The minimum Gasteiger partial charge on any atom is -0.395 e. The van der Waals surface area contributed by atoms with Crippen molar-refractivity contribution in [2.45, 2.75) is 13.3 Å². The molecule has 1 aromatic carbocycles. The molecule has 0 aliphatic rings. The third kappa shape index (κ3) is 3.50. The molecule has 0 unspecified atom stereocenters. The average molecular weight is 268 g/mol. The van der Waals surface area contributed by atoms with Crippen LogP contribution in [0.15, 0.2) is 36.5 Å². The zero-order valence-electron chi connectivity index (χ0n) is 11.2. The Hall–Kier alpha value is -2.51. The quantitative estimate of drug-likeness (QED) is 0.748. The maximum absolute atomic E-state index is 12.0. The van der Waals surface area contributed by atoms with Gasteiger partial charge in [0.15, 0.2) is 0 Å². The van der Waals surface area contributed by atoms with Crippen LogP contribution in [0.4, 0.5) is 5.69 Å². The summed E-state index contributed by atoms with van der Waals surface area (Å²) in [6.07, 6.45) is 2.15. The summed E-state index contributed by atoms with van der Waals surface area (Å²) in [5.74, 6) is 5.63. The lowest BCUT2D eigenvalue weighted by Gasteiger charge is -2.08. The van der Waals surface area contributed by atoms with Crippen LogP contribution in [0.25, 0.3) is 0 Å². The predicted molar refractivity (Wildman–Crippen MR) is 78.5 cm³/mol. The van der Waals surface area contributed by atoms with Gasteiger partial charge < -0.3 is 15.4 Å². The Balaban J connectivity index is 2.17. The average Bonchev–Trinajstić information content (AvgIpc) is 2.97. The van der Waals surface area contributed by atoms with Gasteiger partial charge in [-0.2, -0.15) is 0 Å². The van der Waals surface area contributed by atoms with Gasteiger partial charge in [-0.3, -0.25) is 4.79 Å². The summed E-state index contributed by atoms with van der Waals surface area (Å²) in [6.45, 7) is 1.98. The number of carbonyl (C=O) groups is 1. The first-order valence-electron chi connectivity index (χ1n) is 6.36. The van der Waals surface area contributed by atoms with Crippen LogP contribution in [0, 0.1) is 18.8 Å². The van der Waals surface area contributed by atoms with E-state index in [1.54, 1.807) is 18.3 Å². The maximum atomic E-state index is 12.0. The van der Waals surface area contributed by atoms with E-state index in [4.69, 9.17) is 5.11 Å². The first-order chi connectivity index (χ1) is 9.70. The van der Waals surface area contributed by atoms with Crippen molar-refractivity contribution < 1.29 is 9.90 Å². The summed E-state index contributed by atoms with van der Waals surface area (Å²) in [4.78, 5) is 14.9. The smallest absolute Gasteiger partial charge is 0.272 e. The number of aromatic amines is 1. The van der Waals surface area contributed by atoms with E-state index < -0.39 is 0 Å². The Bertz CT molecular complexity index is 649. The summed E-state index contributed by atoms with van der Waals surface area (Å²) in [5, 5.41) is 11.6. The highest BCUT2D eigenvalue weighted by atomic mass is 16.2. The Morgan fingerprint density at radius 2 is 2.25 bits per heavy atom. The number of nitrogens with one attached hydrogen (secondary N) is 2. The molecular weight excluding hydrogens is 252 g/mol. The van der Waals surface area contributed by atoms with Crippen LogP contribution in [-0.2, 0) is 0 Å². The second-order valence-corrected chi connectivity index (χ2v) is 4.34. The molecule has 0 spiro atoms. The number of anilines is 1. The molecule has 0 aliphatic carbocycles. The van der Waals surface area contributed by atoms with Gasteiger partial charge in [-0.25, -0.2) is 0 Å². The molecule has 102 valence electrons. The molecule has 2 rings (SSSR count). The highest BCUT2D eigenvalue weighted by molar-refractivity contribution is 6.03. The van der Waals surface area contributed by atoms with E-state index in [0.29, 0.717) is 12.1 Å². The van der Waals surface area contributed by atoms with Crippen molar-refractivity contribution >= 4 is 11.6 Å². The highest BCUT2D eigenvalue weighted by Gasteiger charge is 2.08. The van der Waals surface area contributed by atoms with Crippen molar-refractivity contribution in [2.24, 2.45) is 0 Å². The van der Waals surface area contributed by atoms with Crippen molar-refractivity contribution in [2.75, 3.05) is 11.9 Å². The van der Waals surface area contributed by atoms with Crippen LogP contribution in [0.1, 0.15) is 28.0 Å². The molecule has 0 atom stereocenters. The zero-order chi connectivity index (χ0) is 14.4. The summed E-state index contributed by atoms with van der Waals surface area (Å²) in [5.41, 5.74) is 3.03. The van der Waals surface area contributed by atoms with Crippen LogP contribution in [-0.4, -0.2) is 22.6 Å². The van der Waals surface area contributed by atoms with E-state index in [0.717, 1.165) is 16.8 Å². The lowest BCUT2D eigenvalue weighted by Crippen LogP contribution is -2.13. The van der Waals surface area contributed by atoms with Crippen LogP contribution < -0.4 is 5.32 Å². The number of aliphatic hydroxyl groups excluding tert-OH is 1. The molecule has 0 radical (unpaired) electrons. The molecule has 4 nitrogen and oxygen atoms in total. The monoisotopic (exact) mass is 268 g/mol. The highest BCUT2D eigenvalue weighted by Crippen LogP contribution is 2.17. The third-order valence-corrected chi connectivity index (χ3v) is 2.80. The second-order valence-electron chi connectivity index (χ2n) is 4.34. The number of aromatic nitrogens is 1. The first kappa shape index (κ1) is 13.9. The number of rotatable bonds is 3. The summed E-state index contributed by atoms with van der Waals surface area (Å²) in [7, 11) is 0. The molecule has 0 saturated carbocycles. The largest absolute Gasteiger partial charge is 0.395 e. The maximum Gasteiger partial charge on any atom is 0.272 e. The Morgan fingerprint density at radius 1 is 1.40 bits per heavy atom. The number of aliphatic hydroxyl groups is 1. The second kappa shape index (κ2) is 6.60. The van der Waals surface area contributed by atoms with Gasteiger partial charge in [0, 0.05) is 23.9 Å². The Morgan fingerprint density at radius 3 is 2.95 bits per heavy atom. The molecule has 4 heteroatoms. The number of aryl methyl sites for hydroxylation is 1. The molecule has 1 heterocycles. The number of hydrogen-bond donors (Lipinski definition) is 3. The Kier molecular flexibility index (Phi) is 4.59. The molecule has 2 aromatic rings. The molecule has 0 fully saturated rings. The topological polar surface area (TPSA) is 65.1 Å². The fourth-order valence-corrected chi connectivity index (χ4v) is 1.72. The lowest BCUT2D eigenvalue weighted by molar-refractivity contribution is 0.102. The zero-order valence-corrected chi connectivity index (χ0v) is 11.2. The number of hydrogen-bond acceptors (Lipinski definition) is 2. The van der Waals surface area contributed by atoms with Gasteiger partial charge in [-0.05, 0) is 36.8 Å². The Labute approximate surface area is 117 Å². The van der Waals surface area contributed by atoms with E-state index in [2.05, 4.69) is 22.1 Å². The minimum atomic E-state index is -0.182. The van der Waals surface area contributed by atoms with E-state index in [-0.39, 0.29) is 12.5 Å². The van der Waals surface area contributed by atoms with E-state index >= 15 is 0 Å². The predicted octanol–water partition coefficient (Wildman–Crippen LogP) is 2.31. The van der Waals surface area contributed by atoms with Crippen molar-refractivity contribution in [1.82, 2.24) is 4.98 Å². The van der Waals surface area contributed by atoms with Gasteiger partial charge in [0.2, 0.25) is 0 Å². The normalized spacial score (nSPS) is 9.70. The van der Waals surface area contributed by atoms with E-state index in [1.165, 1.54) is 0 Å². The van der Waals surface area contributed by atoms with Crippen molar-refractivity contribution in [1.29, 1.82) is 0 Å². The number of H-pyrrole nitrogens is 1. The van der Waals surface area contributed by atoms with Crippen molar-refractivity contribution in [3.05, 3.63) is 53.3 Å². The molecule has 0 saturated heterocycles. The van der Waals surface area contributed by atoms with Gasteiger partial charge in [-0.15, -0.1) is 0 Å².